The van der Waals surface area contributed by atoms with Crippen LogP contribution in [0.5, 0.6) is 0 Å². The molecule has 0 spiro atoms. The van der Waals surface area contributed by atoms with E-state index in [1.165, 1.54) is 0 Å². The highest BCUT2D eigenvalue weighted by Crippen LogP contribution is 2.16. The summed E-state index contributed by atoms with van der Waals surface area (Å²) in [5.41, 5.74) is 2.18. The fourth-order valence-corrected chi connectivity index (χ4v) is 3.04. The van der Waals surface area contributed by atoms with Gasteiger partial charge in [0.05, 0.1) is 18.3 Å². The minimum absolute atomic E-state index is 0.0102. The molecule has 1 aromatic carbocycles. The molecule has 1 aliphatic rings. The molecule has 0 N–H and O–H groups in total. The van der Waals surface area contributed by atoms with Gasteiger partial charge < -0.3 is 0 Å². The van der Waals surface area contributed by atoms with Crippen molar-refractivity contribution in [3.8, 4) is 0 Å². The Morgan fingerprint density at radius 1 is 1.29 bits per heavy atom. The smallest absolute Gasteiger partial charge is 0.279 e. The molecule has 4 rings (SSSR count). The summed E-state index contributed by atoms with van der Waals surface area (Å²) in [7, 11) is 1.93. The van der Waals surface area contributed by atoms with E-state index in [9.17, 15) is 4.79 Å². The first-order valence-electron chi connectivity index (χ1n) is 7.29. The quantitative estimate of drug-likeness (QED) is 0.712. The maximum Gasteiger partial charge on any atom is 0.346 e. The van der Waals surface area contributed by atoms with Crippen molar-refractivity contribution in [1.29, 1.82) is 0 Å². The highest BCUT2D eigenvalue weighted by molar-refractivity contribution is 5.79. The summed E-state index contributed by atoms with van der Waals surface area (Å²) in [6.07, 6.45) is 4.95. The van der Waals surface area contributed by atoms with E-state index in [4.69, 9.17) is 0 Å². The standard InChI is InChI=1S/C15H17N5O/c1-18-13-6-5-11(8-12(13)9-16-18)10-20-15(21)19-7-3-2-4-14(19)17-20/h5-6,8-9H,2-4,7,10H2,1H3. The lowest BCUT2D eigenvalue weighted by atomic mass is 10.1. The van der Waals surface area contributed by atoms with Crippen LogP contribution in [0.25, 0.3) is 10.9 Å². The minimum atomic E-state index is 0.0102. The van der Waals surface area contributed by atoms with E-state index in [1.54, 1.807) is 4.68 Å². The van der Waals surface area contributed by atoms with Gasteiger partial charge in [-0.1, -0.05) is 6.07 Å². The average molecular weight is 283 g/mol. The fraction of sp³-hybridized carbons (Fsp3) is 0.400. The molecular weight excluding hydrogens is 266 g/mol. The van der Waals surface area contributed by atoms with Crippen LogP contribution in [-0.4, -0.2) is 24.1 Å². The zero-order chi connectivity index (χ0) is 14.4. The van der Waals surface area contributed by atoms with E-state index in [0.717, 1.165) is 48.1 Å². The van der Waals surface area contributed by atoms with Gasteiger partial charge in [-0.15, -0.1) is 0 Å². The lowest BCUT2D eigenvalue weighted by molar-refractivity contribution is 0.511. The third-order valence-electron chi connectivity index (χ3n) is 4.17. The minimum Gasteiger partial charge on any atom is -0.279 e. The Hall–Kier alpha value is -2.37. The second-order valence-corrected chi connectivity index (χ2v) is 5.63. The average Bonchev–Trinajstić information content (AvgIpc) is 3.01. The second-order valence-electron chi connectivity index (χ2n) is 5.63. The Balaban J connectivity index is 1.71. The van der Waals surface area contributed by atoms with Crippen LogP contribution in [0.3, 0.4) is 0 Å². The van der Waals surface area contributed by atoms with Gasteiger partial charge in [0, 0.05) is 25.4 Å². The zero-order valence-corrected chi connectivity index (χ0v) is 12.0. The number of fused-ring (bicyclic) bond motifs is 2. The van der Waals surface area contributed by atoms with E-state index >= 15 is 0 Å². The molecule has 0 saturated heterocycles. The first kappa shape index (κ1) is 12.4. The molecular formula is C15H17N5O. The fourth-order valence-electron chi connectivity index (χ4n) is 3.04. The molecule has 0 radical (unpaired) electrons. The Morgan fingerprint density at radius 2 is 2.19 bits per heavy atom. The first-order chi connectivity index (χ1) is 10.2. The summed E-state index contributed by atoms with van der Waals surface area (Å²) in [6, 6.07) is 6.15. The van der Waals surface area contributed by atoms with Crippen LogP contribution in [-0.2, 0) is 26.6 Å². The van der Waals surface area contributed by atoms with Crippen molar-refractivity contribution in [3.05, 3.63) is 46.3 Å². The summed E-state index contributed by atoms with van der Waals surface area (Å²) in [5, 5.41) is 9.81. The van der Waals surface area contributed by atoms with Crippen LogP contribution in [0.1, 0.15) is 24.2 Å². The van der Waals surface area contributed by atoms with Crippen molar-refractivity contribution in [2.45, 2.75) is 32.4 Å². The van der Waals surface area contributed by atoms with E-state index in [0.29, 0.717) is 6.54 Å². The maximum absolute atomic E-state index is 12.3. The van der Waals surface area contributed by atoms with Crippen LogP contribution in [0, 0.1) is 0 Å². The highest BCUT2D eigenvalue weighted by atomic mass is 16.2. The van der Waals surface area contributed by atoms with Crippen LogP contribution < -0.4 is 5.69 Å². The third-order valence-corrected chi connectivity index (χ3v) is 4.17. The monoisotopic (exact) mass is 283 g/mol. The van der Waals surface area contributed by atoms with Crippen LogP contribution in [0.15, 0.2) is 29.2 Å². The van der Waals surface area contributed by atoms with Gasteiger partial charge in [-0.25, -0.2) is 9.48 Å². The molecule has 1 aliphatic heterocycles. The van der Waals surface area contributed by atoms with Crippen molar-refractivity contribution in [3.63, 3.8) is 0 Å². The SMILES string of the molecule is Cn1ncc2cc(Cn3nc4n(c3=O)CCCC4)ccc21. The number of rotatable bonds is 2. The number of benzene rings is 1. The maximum atomic E-state index is 12.3. The summed E-state index contributed by atoms with van der Waals surface area (Å²) in [6.45, 7) is 1.32. The Bertz CT molecular complexity index is 870. The summed E-state index contributed by atoms with van der Waals surface area (Å²) >= 11 is 0. The van der Waals surface area contributed by atoms with E-state index in [1.807, 2.05) is 34.6 Å². The molecule has 0 atom stereocenters. The highest BCUT2D eigenvalue weighted by Gasteiger charge is 2.16. The van der Waals surface area contributed by atoms with Crippen molar-refractivity contribution >= 4 is 10.9 Å². The largest absolute Gasteiger partial charge is 0.346 e. The lowest BCUT2D eigenvalue weighted by Crippen LogP contribution is -2.27. The second kappa shape index (κ2) is 4.58. The molecule has 3 aromatic rings. The number of nitrogens with zero attached hydrogens (tertiary/aromatic N) is 5. The number of aromatic nitrogens is 5. The van der Waals surface area contributed by atoms with Gasteiger partial charge in [0.1, 0.15) is 5.82 Å². The summed E-state index contributed by atoms with van der Waals surface area (Å²) < 4.78 is 5.24. The Morgan fingerprint density at radius 3 is 3.05 bits per heavy atom. The van der Waals surface area contributed by atoms with Gasteiger partial charge in [-0.2, -0.15) is 10.2 Å². The zero-order valence-electron chi connectivity index (χ0n) is 12.0. The van der Waals surface area contributed by atoms with Crippen molar-refractivity contribution in [1.82, 2.24) is 24.1 Å². The lowest BCUT2D eigenvalue weighted by Gasteiger charge is -2.09. The van der Waals surface area contributed by atoms with Crippen molar-refractivity contribution < 1.29 is 0 Å². The molecule has 0 amide bonds. The molecule has 6 nitrogen and oxygen atoms in total. The van der Waals surface area contributed by atoms with Gasteiger partial charge in [-0.3, -0.25) is 9.25 Å². The van der Waals surface area contributed by atoms with Crippen molar-refractivity contribution in [2.24, 2.45) is 7.05 Å². The first-order valence-corrected chi connectivity index (χ1v) is 7.29. The van der Waals surface area contributed by atoms with Crippen LogP contribution in [0.4, 0.5) is 0 Å². The molecule has 108 valence electrons. The van der Waals surface area contributed by atoms with Crippen LogP contribution >= 0.6 is 0 Å². The molecule has 0 unspecified atom stereocenters. The topological polar surface area (TPSA) is 57.6 Å². The normalized spacial score (nSPS) is 14.5. The molecule has 0 saturated carbocycles. The molecule has 21 heavy (non-hydrogen) atoms. The predicted molar refractivity (Wildman–Crippen MR) is 79.2 cm³/mol. The van der Waals surface area contributed by atoms with Crippen molar-refractivity contribution in [2.75, 3.05) is 0 Å². The van der Waals surface area contributed by atoms with E-state index < -0.39 is 0 Å². The summed E-state index contributed by atoms with van der Waals surface area (Å²) in [5.74, 6) is 0.925. The van der Waals surface area contributed by atoms with Crippen LogP contribution in [0.2, 0.25) is 0 Å². The van der Waals surface area contributed by atoms with E-state index in [2.05, 4.69) is 16.3 Å². The number of hydrogen-bond donors (Lipinski definition) is 0. The van der Waals surface area contributed by atoms with Gasteiger partial charge in [0.25, 0.3) is 0 Å². The van der Waals surface area contributed by atoms with Gasteiger partial charge in [0.15, 0.2) is 0 Å². The van der Waals surface area contributed by atoms with Gasteiger partial charge in [0.2, 0.25) is 0 Å². The molecule has 3 heterocycles. The molecule has 2 aromatic heterocycles. The summed E-state index contributed by atoms with van der Waals surface area (Å²) in [4.78, 5) is 12.3. The van der Waals surface area contributed by atoms with Gasteiger partial charge >= 0.3 is 5.69 Å². The van der Waals surface area contributed by atoms with E-state index in [-0.39, 0.29) is 5.69 Å². The Labute approximate surface area is 121 Å². The molecule has 6 heteroatoms. The predicted octanol–water partition coefficient (Wildman–Crippen LogP) is 1.32. The Kier molecular flexibility index (Phi) is 2.70. The molecule has 0 bridgehead atoms. The number of aryl methyl sites for hydroxylation is 2. The third kappa shape index (κ3) is 1.98. The van der Waals surface area contributed by atoms with Gasteiger partial charge in [-0.05, 0) is 30.5 Å². The molecule has 0 aliphatic carbocycles. The molecule has 0 fully saturated rings. The number of hydrogen-bond acceptors (Lipinski definition) is 3.